The van der Waals surface area contributed by atoms with Crippen molar-refractivity contribution in [2.24, 2.45) is 0 Å². The van der Waals surface area contributed by atoms with Gasteiger partial charge in [-0.2, -0.15) is 0 Å². The zero-order valence-electron chi connectivity index (χ0n) is 9.21. The summed E-state index contributed by atoms with van der Waals surface area (Å²) >= 11 is 6.11. The van der Waals surface area contributed by atoms with Gasteiger partial charge in [0.15, 0.2) is 0 Å². The molecule has 0 atom stereocenters. The van der Waals surface area contributed by atoms with Crippen LogP contribution in [0.3, 0.4) is 0 Å². The molecule has 6 nitrogen and oxygen atoms in total. The van der Waals surface area contributed by atoms with Crippen molar-refractivity contribution in [2.45, 2.75) is 13.3 Å². The summed E-state index contributed by atoms with van der Waals surface area (Å²) in [7, 11) is 2.84. The second-order valence-electron chi connectivity index (χ2n) is 2.59. The maximum Gasteiger partial charge on any atom is 0.382 e. The molecule has 0 aliphatic carbocycles. The summed E-state index contributed by atoms with van der Waals surface area (Å²) in [5, 5.41) is 0.450. The molecule has 1 aromatic rings. The Morgan fingerprint density at radius 1 is 1.38 bits per heavy atom. The fourth-order valence-corrected chi connectivity index (χ4v) is 2.06. The van der Waals surface area contributed by atoms with E-state index in [0.29, 0.717) is 11.8 Å². The molecule has 0 spiro atoms. The largest absolute Gasteiger partial charge is 0.469 e. The van der Waals surface area contributed by atoms with E-state index in [1.54, 1.807) is 0 Å². The molecule has 92 valence electrons. The Labute approximate surface area is 103 Å². The van der Waals surface area contributed by atoms with Gasteiger partial charge in [-0.05, 0) is 6.42 Å². The second-order valence-corrected chi connectivity index (χ2v) is 6.46. The molecule has 16 heavy (non-hydrogen) atoms. The van der Waals surface area contributed by atoms with E-state index in [0.717, 1.165) is 18.0 Å². The minimum atomic E-state index is -2.76. The molecule has 0 bridgehead atoms. The Kier molecular flexibility index (Phi) is 5.57. The van der Waals surface area contributed by atoms with Gasteiger partial charge in [-0.1, -0.05) is 6.92 Å². The van der Waals surface area contributed by atoms with Crippen molar-refractivity contribution in [3.8, 4) is 11.2 Å². The molecule has 0 N–H and O–H groups in total. The van der Waals surface area contributed by atoms with E-state index in [2.05, 4.69) is 9.36 Å². The van der Waals surface area contributed by atoms with E-state index in [9.17, 15) is 0 Å². The van der Waals surface area contributed by atoms with Crippen LogP contribution in [0.2, 0.25) is 0 Å². The minimum absolute atomic E-state index is 0.128. The van der Waals surface area contributed by atoms with Gasteiger partial charge < -0.3 is 18.3 Å². The molecular formula is C7H13N2O4PS2. The monoisotopic (exact) mass is 284 g/mol. The van der Waals surface area contributed by atoms with E-state index in [1.807, 2.05) is 6.92 Å². The Hall–Kier alpha value is -0.270. The van der Waals surface area contributed by atoms with Crippen LogP contribution in [0, 0.1) is 0 Å². The average Bonchev–Trinajstić information content (AvgIpc) is 2.73. The maximum atomic E-state index is 5.28. The smallest absolute Gasteiger partial charge is 0.382 e. The molecule has 0 amide bonds. The Balaban J connectivity index is 2.61. The third kappa shape index (κ3) is 3.95. The lowest BCUT2D eigenvalue weighted by Gasteiger charge is -2.14. The van der Waals surface area contributed by atoms with Gasteiger partial charge in [-0.3, -0.25) is 0 Å². The zero-order chi connectivity index (χ0) is 12.0. The summed E-state index contributed by atoms with van der Waals surface area (Å²) in [5.74, 6) is 0. The van der Waals surface area contributed by atoms with Gasteiger partial charge >= 0.3 is 12.7 Å². The first-order chi connectivity index (χ1) is 7.63. The summed E-state index contributed by atoms with van der Waals surface area (Å²) in [5.41, 5.74) is 0. The lowest BCUT2D eigenvalue weighted by Crippen LogP contribution is -1.98. The van der Waals surface area contributed by atoms with Crippen molar-refractivity contribution in [3.05, 3.63) is 0 Å². The van der Waals surface area contributed by atoms with Gasteiger partial charge in [0.1, 0.15) is 0 Å². The van der Waals surface area contributed by atoms with E-state index >= 15 is 0 Å². The normalized spacial score (nSPS) is 11.4. The average molecular weight is 284 g/mol. The first-order valence-electron chi connectivity index (χ1n) is 4.51. The van der Waals surface area contributed by atoms with Crippen molar-refractivity contribution in [1.82, 2.24) is 9.36 Å². The summed E-state index contributed by atoms with van der Waals surface area (Å²) in [6, 6.07) is 0.128. The van der Waals surface area contributed by atoms with E-state index < -0.39 is 6.72 Å². The highest BCUT2D eigenvalue weighted by Crippen LogP contribution is 2.47. The molecular weight excluding hydrogens is 271 g/mol. The fraction of sp³-hybridized carbons (Fsp3) is 0.714. The van der Waals surface area contributed by atoms with Crippen LogP contribution < -0.4 is 9.26 Å². The summed E-state index contributed by atoms with van der Waals surface area (Å²) in [4.78, 5) is 3.99. The predicted molar refractivity (Wildman–Crippen MR) is 64.6 cm³/mol. The van der Waals surface area contributed by atoms with Crippen LogP contribution in [-0.4, -0.2) is 30.2 Å². The summed E-state index contributed by atoms with van der Waals surface area (Å²) < 4.78 is 24.4. The number of hydrogen-bond donors (Lipinski definition) is 0. The molecule has 9 heteroatoms. The molecule has 0 radical (unpaired) electrons. The van der Waals surface area contributed by atoms with Crippen molar-refractivity contribution in [3.63, 3.8) is 0 Å². The van der Waals surface area contributed by atoms with Crippen LogP contribution >= 0.6 is 18.3 Å². The molecule has 1 aromatic heterocycles. The number of aromatic nitrogens is 2. The lowest BCUT2D eigenvalue weighted by molar-refractivity contribution is 0.266. The van der Waals surface area contributed by atoms with E-state index in [4.69, 9.17) is 30.1 Å². The highest BCUT2D eigenvalue weighted by atomic mass is 32.5. The first kappa shape index (κ1) is 13.8. The van der Waals surface area contributed by atoms with Crippen LogP contribution in [0.4, 0.5) is 0 Å². The number of ether oxygens (including phenoxy) is 1. The number of nitrogens with zero attached hydrogens (tertiary/aromatic N) is 2. The van der Waals surface area contributed by atoms with Crippen LogP contribution in [0.1, 0.15) is 13.3 Å². The Morgan fingerprint density at radius 3 is 2.62 bits per heavy atom. The minimum Gasteiger partial charge on any atom is -0.469 e. The number of rotatable bonds is 7. The van der Waals surface area contributed by atoms with Crippen LogP contribution in [0.25, 0.3) is 0 Å². The van der Waals surface area contributed by atoms with Crippen LogP contribution in [0.5, 0.6) is 11.2 Å². The number of hydrogen-bond acceptors (Lipinski definition) is 8. The van der Waals surface area contributed by atoms with Crippen molar-refractivity contribution >= 4 is 30.1 Å². The molecule has 0 fully saturated rings. The molecule has 0 saturated carbocycles. The third-order valence-corrected chi connectivity index (χ3v) is 4.47. The third-order valence-electron chi connectivity index (χ3n) is 1.46. The molecule has 0 saturated heterocycles. The standard InChI is InChI=1S/C7H13N2O4PS2/c1-4-5-12-7-8-6(9-16-7)13-14(15,10-2)11-3/h4-5H2,1-3H3. The molecule has 0 unspecified atom stereocenters. The SMILES string of the molecule is CCCOc1nc(OP(=S)(OC)OC)ns1. The van der Waals surface area contributed by atoms with Crippen LogP contribution in [0.15, 0.2) is 0 Å². The van der Waals surface area contributed by atoms with Gasteiger partial charge in [0.05, 0.1) is 6.61 Å². The molecule has 0 aliphatic heterocycles. The summed E-state index contributed by atoms with van der Waals surface area (Å²) in [6.07, 6.45) is 0.907. The van der Waals surface area contributed by atoms with Gasteiger partial charge in [-0.15, -0.1) is 9.36 Å². The predicted octanol–water partition coefficient (Wildman–Crippen LogP) is 2.22. The Morgan fingerprint density at radius 2 is 2.06 bits per heavy atom. The van der Waals surface area contributed by atoms with Crippen molar-refractivity contribution in [2.75, 3.05) is 20.8 Å². The Bertz CT molecular complexity index is 365. The van der Waals surface area contributed by atoms with Crippen LogP contribution in [-0.2, 0) is 20.9 Å². The highest BCUT2D eigenvalue weighted by Gasteiger charge is 2.21. The van der Waals surface area contributed by atoms with Crippen molar-refractivity contribution in [1.29, 1.82) is 0 Å². The molecule has 0 aromatic carbocycles. The van der Waals surface area contributed by atoms with Gasteiger partial charge in [-0.25, -0.2) is 0 Å². The topological polar surface area (TPSA) is 62.7 Å². The van der Waals surface area contributed by atoms with E-state index in [1.165, 1.54) is 14.2 Å². The highest BCUT2D eigenvalue weighted by molar-refractivity contribution is 8.07. The maximum absolute atomic E-state index is 5.28. The fourth-order valence-electron chi connectivity index (χ4n) is 0.731. The first-order valence-corrected chi connectivity index (χ1v) is 7.84. The lowest BCUT2D eigenvalue weighted by atomic mass is 10.5. The van der Waals surface area contributed by atoms with Gasteiger partial charge in [0, 0.05) is 37.6 Å². The molecule has 1 rings (SSSR count). The second kappa shape index (κ2) is 6.46. The summed E-state index contributed by atoms with van der Waals surface area (Å²) in [6.45, 7) is -0.154. The van der Waals surface area contributed by atoms with Gasteiger partial charge in [0.2, 0.25) is 0 Å². The molecule has 1 heterocycles. The zero-order valence-corrected chi connectivity index (χ0v) is 11.7. The molecule has 0 aliphatic rings. The van der Waals surface area contributed by atoms with E-state index in [-0.39, 0.29) is 6.01 Å². The van der Waals surface area contributed by atoms with Crippen molar-refractivity contribution < 1.29 is 18.3 Å². The quantitative estimate of drug-likeness (QED) is 0.711. The van der Waals surface area contributed by atoms with Gasteiger partial charge in [0.25, 0.3) is 5.19 Å².